The molecule has 2 aromatic rings. The van der Waals surface area contributed by atoms with Crippen molar-refractivity contribution in [2.24, 2.45) is 0 Å². The molecule has 0 saturated carbocycles. The van der Waals surface area contributed by atoms with Crippen molar-refractivity contribution in [3.05, 3.63) is 58.7 Å². The van der Waals surface area contributed by atoms with Crippen molar-refractivity contribution in [1.29, 1.82) is 0 Å². The summed E-state index contributed by atoms with van der Waals surface area (Å²) in [7, 11) is -3.51. The molecule has 0 saturated heterocycles. The Morgan fingerprint density at radius 3 is 2.30 bits per heavy atom. The van der Waals surface area contributed by atoms with Gasteiger partial charge in [0.1, 0.15) is 23.4 Å². The molecule has 0 N–H and O–H groups in total. The molecule has 0 spiro atoms. The number of hydrogen-bond acceptors (Lipinski definition) is 6. The zero-order valence-electron chi connectivity index (χ0n) is 21.8. The Morgan fingerprint density at radius 1 is 1.08 bits per heavy atom. The number of carbonyl (C=O) groups is 2. The lowest BCUT2D eigenvalue weighted by Crippen LogP contribution is -2.45. The van der Waals surface area contributed by atoms with Gasteiger partial charge < -0.3 is 9.47 Å². The first kappa shape index (κ1) is 28.9. The number of hydrogen-bond donors (Lipinski definition) is 0. The minimum atomic E-state index is -3.94. The van der Waals surface area contributed by atoms with Crippen molar-refractivity contribution in [1.82, 2.24) is 4.31 Å². The molecule has 1 aliphatic rings. The van der Waals surface area contributed by atoms with Gasteiger partial charge in [0.2, 0.25) is 10.0 Å². The predicted molar refractivity (Wildman–Crippen MR) is 139 cm³/mol. The Kier molecular flexibility index (Phi) is 8.92. The van der Waals surface area contributed by atoms with E-state index in [2.05, 4.69) is 4.74 Å². The Balaban J connectivity index is 1.97. The summed E-state index contributed by atoms with van der Waals surface area (Å²) in [6.45, 7) is 5.54. The number of Topliss-reactive ketones (excluding diaryl/α,β-unsaturated/α-hetero) is 1. The monoisotopic (exact) mass is 553 g/mol. The molecule has 7 nitrogen and oxygen atoms in total. The van der Waals surface area contributed by atoms with Crippen LogP contribution in [0.3, 0.4) is 0 Å². The topological polar surface area (TPSA) is 90.0 Å². The molecular formula is C26H33F2NO6SSi. The van der Waals surface area contributed by atoms with E-state index in [1.54, 1.807) is 18.2 Å². The number of nitrogens with zero attached hydrogens (tertiary/aromatic N) is 1. The fraction of sp³-hybridized carbons (Fsp3) is 0.462. The molecule has 1 aliphatic heterocycles. The minimum Gasteiger partial charge on any atom is -0.497 e. The summed E-state index contributed by atoms with van der Waals surface area (Å²) < 4.78 is 67.3. The van der Waals surface area contributed by atoms with Gasteiger partial charge in [-0.15, -0.1) is 0 Å². The van der Waals surface area contributed by atoms with Gasteiger partial charge in [-0.2, -0.15) is 4.31 Å². The highest BCUT2D eigenvalue weighted by atomic mass is 32.2. The van der Waals surface area contributed by atoms with E-state index in [-0.39, 0.29) is 42.3 Å². The van der Waals surface area contributed by atoms with Crippen LogP contribution in [0.4, 0.5) is 8.78 Å². The van der Waals surface area contributed by atoms with Crippen molar-refractivity contribution >= 4 is 35.0 Å². The summed E-state index contributed by atoms with van der Waals surface area (Å²) in [4.78, 5) is 25.1. The summed E-state index contributed by atoms with van der Waals surface area (Å²) in [5.41, 5.74) is 1.42. The maximum absolute atomic E-state index is 14.8. The SMILES string of the molecule is COC(=O)CCCS(=O)(=O)N1CCc2cc(OC)ccc2[C@@H]1C(=O)Cc1cc(F)c([Si](C)(C)C)c(F)c1. The molecule has 0 bridgehead atoms. The van der Waals surface area contributed by atoms with Crippen LogP contribution >= 0.6 is 0 Å². The molecule has 0 fully saturated rings. The Morgan fingerprint density at radius 2 is 1.73 bits per heavy atom. The number of esters is 1. The van der Waals surface area contributed by atoms with Gasteiger partial charge in [-0.1, -0.05) is 25.7 Å². The third-order valence-corrected chi connectivity index (χ3v) is 10.3. The first-order valence-electron chi connectivity index (χ1n) is 12.0. The lowest BCUT2D eigenvalue weighted by atomic mass is 9.89. The van der Waals surface area contributed by atoms with E-state index in [4.69, 9.17) is 4.74 Å². The van der Waals surface area contributed by atoms with Gasteiger partial charge in [0.05, 0.1) is 28.0 Å². The first-order valence-corrected chi connectivity index (χ1v) is 17.1. The number of ketones is 1. The third kappa shape index (κ3) is 6.63. The average Bonchev–Trinajstić information content (AvgIpc) is 2.81. The zero-order chi connectivity index (χ0) is 27.5. The van der Waals surface area contributed by atoms with Crippen LogP contribution in [0.5, 0.6) is 5.75 Å². The van der Waals surface area contributed by atoms with Gasteiger partial charge in [-0.3, -0.25) is 9.59 Å². The standard InChI is InChI=1S/C26H33F2NO6SSi/c1-34-19-8-9-20-18(16-19)10-11-29(36(32,33)12-6-7-24(31)35-2)25(20)23(30)15-17-13-21(27)26(22(28)14-17)37(3,4)5/h8-9,13-14,16,25H,6-7,10-12,15H2,1-5H3/t25-/m1/s1. The Hall–Kier alpha value is -2.63. The van der Waals surface area contributed by atoms with E-state index < -0.39 is 47.5 Å². The van der Waals surface area contributed by atoms with Crippen LogP contribution < -0.4 is 9.92 Å². The zero-order valence-corrected chi connectivity index (χ0v) is 23.6. The molecule has 11 heteroatoms. The second kappa shape index (κ2) is 11.4. The molecule has 1 atom stereocenters. The summed E-state index contributed by atoms with van der Waals surface area (Å²) in [6, 6.07) is 6.24. The van der Waals surface area contributed by atoms with Gasteiger partial charge in [0, 0.05) is 24.6 Å². The van der Waals surface area contributed by atoms with E-state index >= 15 is 0 Å². The fourth-order valence-electron chi connectivity index (χ4n) is 4.70. The molecule has 2 aromatic carbocycles. The first-order chi connectivity index (χ1) is 17.3. The fourth-order valence-corrected chi connectivity index (χ4v) is 7.94. The van der Waals surface area contributed by atoms with Crippen molar-refractivity contribution in [3.63, 3.8) is 0 Å². The number of ether oxygens (including phenoxy) is 2. The molecule has 37 heavy (non-hydrogen) atoms. The van der Waals surface area contributed by atoms with Crippen molar-refractivity contribution in [2.75, 3.05) is 26.5 Å². The average molecular weight is 554 g/mol. The molecule has 0 aliphatic carbocycles. The largest absolute Gasteiger partial charge is 0.497 e. The number of carbonyl (C=O) groups excluding carboxylic acids is 2. The summed E-state index contributed by atoms with van der Waals surface area (Å²) in [6.07, 6.45) is -0.0146. The van der Waals surface area contributed by atoms with Crippen LogP contribution in [0, 0.1) is 11.6 Å². The summed E-state index contributed by atoms with van der Waals surface area (Å²) >= 11 is 0. The van der Waals surface area contributed by atoms with E-state index in [0.717, 1.165) is 9.87 Å². The van der Waals surface area contributed by atoms with Crippen LogP contribution in [0.25, 0.3) is 0 Å². The highest BCUT2D eigenvalue weighted by molar-refractivity contribution is 7.89. The Labute approximate surface area is 217 Å². The Bertz CT molecular complexity index is 1270. The van der Waals surface area contributed by atoms with E-state index in [1.807, 2.05) is 19.6 Å². The highest BCUT2D eigenvalue weighted by Gasteiger charge is 2.39. The molecule has 1 heterocycles. The van der Waals surface area contributed by atoms with Gasteiger partial charge in [-0.05, 0) is 53.8 Å². The van der Waals surface area contributed by atoms with Crippen molar-refractivity contribution in [2.45, 2.75) is 51.4 Å². The van der Waals surface area contributed by atoms with Gasteiger partial charge in [-0.25, -0.2) is 17.2 Å². The normalized spacial score (nSPS) is 16.2. The third-order valence-electron chi connectivity index (χ3n) is 6.44. The number of halogens is 2. The molecule has 202 valence electrons. The lowest BCUT2D eigenvalue weighted by molar-refractivity contribution is -0.140. The lowest BCUT2D eigenvalue weighted by Gasteiger charge is -2.35. The summed E-state index contributed by atoms with van der Waals surface area (Å²) in [5.74, 6) is -2.17. The van der Waals surface area contributed by atoms with E-state index in [9.17, 15) is 26.8 Å². The number of fused-ring (bicyclic) bond motifs is 1. The van der Waals surface area contributed by atoms with Crippen molar-refractivity contribution < 1.29 is 36.3 Å². The van der Waals surface area contributed by atoms with Crippen LogP contribution in [0.2, 0.25) is 19.6 Å². The van der Waals surface area contributed by atoms with Crippen molar-refractivity contribution in [3.8, 4) is 5.75 Å². The molecule has 0 aromatic heterocycles. The van der Waals surface area contributed by atoms with Crippen LogP contribution in [-0.2, 0) is 37.2 Å². The van der Waals surface area contributed by atoms with Gasteiger partial charge in [0.15, 0.2) is 5.78 Å². The number of benzene rings is 2. The van der Waals surface area contributed by atoms with Crippen LogP contribution in [0.1, 0.15) is 35.6 Å². The van der Waals surface area contributed by atoms with E-state index in [0.29, 0.717) is 17.7 Å². The predicted octanol–water partition coefficient (Wildman–Crippen LogP) is 3.51. The number of sulfonamides is 1. The van der Waals surface area contributed by atoms with E-state index in [1.165, 1.54) is 26.4 Å². The van der Waals surface area contributed by atoms with Gasteiger partial charge in [0.25, 0.3) is 0 Å². The second-order valence-corrected chi connectivity index (χ2v) is 17.2. The maximum atomic E-state index is 14.8. The molecule has 0 unspecified atom stereocenters. The second-order valence-electron chi connectivity index (χ2n) is 10.2. The number of rotatable bonds is 10. The molecule has 0 amide bonds. The van der Waals surface area contributed by atoms with Crippen LogP contribution in [-0.4, -0.2) is 59.1 Å². The minimum absolute atomic E-state index is 0.0382. The molecule has 0 radical (unpaired) electrons. The van der Waals surface area contributed by atoms with Crippen LogP contribution in [0.15, 0.2) is 30.3 Å². The molecule has 3 rings (SSSR count). The molecular weight excluding hydrogens is 520 g/mol. The number of methoxy groups -OCH3 is 2. The summed E-state index contributed by atoms with van der Waals surface area (Å²) in [5, 5.41) is 0.0635. The smallest absolute Gasteiger partial charge is 0.305 e. The quantitative estimate of drug-likeness (QED) is 0.331. The van der Waals surface area contributed by atoms with Gasteiger partial charge >= 0.3 is 5.97 Å². The highest BCUT2D eigenvalue weighted by Crippen LogP contribution is 2.36. The maximum Gasteiger partial charge on any atom is 0.305 e.